The van der Waals surface area contributed by atoms with E-state index in [-0.39, 0.29) is 0 Å². The predicted molar refractivity (Wildman–Crippen MR) is 45.3 cm³/mol. The zero-order chi connectivity index (χ0) is 8.10. The number of likely N-dealkylation sites (N-methyl/N-ethyl adjacent to an activating group) is 1. The first-order chi connectivity index (χ1) is 5.29. The highest BCUT2D eigenvalue weighted by molar-refractivity contribution is 4.57. The molecule has 11 heavy (non-hydrogen) atoms. The largest absolute Gasteiger partial charge is 0.307 e. The van der Waals surface area contributed by atoms with Gasteiger partial charge in [-0.3, -0.25) is 4.84 Å². The second-order valence-corrected chi connectivity index (χ2v) is 3.27. The first-order valence-electron chi connectivity index (χ1n) is 4.31. The topological polar surface area (TPSA) is 15.7 Å². The Kier molecular flexibility index (Phi) is 3.83. The van der Waals surface area contributed by atoms with Gasteiger partial charge in [0.2, 0.25) is 0 Å². The summed E-state index contributed by atoms with van der Waals surface area (Å²) in [7, 11) is 4.13. The Morgan fingerprint density at radius 2 is 1.91 bits per heavy atom. The number of rotatable bonds is 4. The average Bonchev–Trinajstić information content (AvgIpc) is 2.39. The summed E-state index contributed by atoms with van der Waals surface area (Å²) in [6.07, 6.45) is 2.59. The molecule has 1 saturated heterocycles. The fraction of sp³-hybridized carbons (Fsp3) is 1.00. The van der Waals surface area contributed by atoms with Gasteiger partial charge in [-0.2, -0.15) is 5.06 Å². The molecule has 1 fully saturated rings. The minimum Gasteiger partial charge on any atom is -0.307 e. The number of hydroxylamine groups is 2. The third-order valence-corrected chi connectivity index (χ3v) is 1.88. The van der Waals surface area contributed by atoms with Gasteiger partial charge in [-0.15, -0.1) is 0 Å². The zero-order valence-corrected chi connectivity index (χ0v) is 7.55. The monoisotopic (exact) mass is 158 g/mol. The highest BCUT2D eigenvalue weighted by Gasteiger charge is 2.10. The van der Waals surface area contributed by atoms with Crippen molar-refractivity contribution in [2.45, 2.75) is 12.8 Å². The van der Waals surface area contributed by atoms with Gasteiger partial charge in [0.15, 0.2) is 0 Å². The van der Waals surface area contributed by atoms with E-state index in [9.17, 15) is 0 Å². The van der Waals surface area contributed by atoms with E-state index in [0.717, 1.165) is 26.2 Å². The van der Waals surface area contributed by atoms with Gasteiger partial charge < -0.3 is 4.90 Å². The fourth-order valence-electron chi connectivity index (χ4n) is 1.17. The van der Waals surface area contributed by atoms with Crippen molar-refractivity contribution < 1.29 is 4.84 Å². The van der Waals surface area contributed by atoms with Crippen LogP contribution in [0.25, 0.3) is 0 Å². The van der Waals surface area contributed by atoms with Crippen molar-refractivity contribution in [3.63, 3.8) is 0 Å². The SMILES string of the molecule is CN(C)CCON1CCCC1. The van der Waals surface area contributed by atoms with E-state index >= 15 is 0 Å². The van der Waals surface area contributed by atoms with Crippen LogP contribution in [-0.2, 0) is 4.84 Å². The van der Waals surface area contributed by atoms with Crippen LogP contribution in [0.2, 0.25) is 0 Å². The molecule has 3 nitrogen and oxygen atoms in total. The number of hydrogen-bond donors (Lipinski definition) is 0. The summed E-state index contributed by atoms with van der Waals surface area (Å²) in [5, 5.41) is 2.07. The molecule has 1 aliphatic rings. The van der Waals surface area contributed by atoms with Crippen molar-refractivity contribution in [3.05, 3.63) is 0 Å². The van der Waals surface area contributed by atoms with Crippen molar-refractivity contribution in [1.29, 1.82) is 0 Å². The fourth-order valence-corrected chi connectivity index (χ4v) is 1.17. The van der Waals surface area contributed by atoms with Gasteiger partial charge in [-0.05, 0) is 26.9 Å². The third-order valence-electron chi connectivity index (χ3n) is 1.88. The summed E-state index contributed by atoms with van der Waals surface area (Å²) in [5.74, 6) is 0. The van der Waals surface area contributed by atoms with E-state index in [0.29, 0.717) is 0 Å². The molecule has 0 aromatic heterocycles. The maximum Gasteiger partial charge on any atom is 0.0811 e. The molecule has 0 bridgehead atoms. The summed E-state index contributed by atoms with van der Waals surface area (Å²) in [6.45, 7) is 4.07. The van der Waals surface area contributed by atoms with E-state index < -0.39 is 0 Å². The molecule has 0 N–H and O–H groups in total. The van der Waals surface area contributed by atoms with Gasteiger partial charge >= 0.3 is 0 Å². The Morgan fingerprint density at radius 1 is 1.27 bits per heavy atom. The Balaban J connectivity index is 1.94. The lowest BCUT2D eigenvalue weighted by Gasteiger charge is -2.16. The second-order valence-electron chi connectivity index (χ2n) is 3.27. The molecular weight excluding hydrogens is 140 g/mol. The quantitative estimate of drug-likeness (QED) is 0.595. The second kappa shape index (κ2) is 4.70. The lowest BCUT2D eigenvalue weighted by molar-refractivity contribution is -0.144. The lowest BCUT2D eigenvalue weighted by atomic mass is 10.4. The Bertz CT molecular complexity index is 100. The highest BCUT2D eigenvalue weighted by atomic mass is 16.7. The third kappa shape index (κ3) is 3.70. The van der Waals surface area contributed by atoms with Crippen LogP contribution in [0.15, 0.2) is 0 Å². The Hall–Kier alpha value is -0.120. The summed E-state index contributed by atoms with van der Waals surface area (Å²) in [6, 6.07) is 0. The molecule has 0 saturated carbocycles. The van der Waals surface area contributed by atoms with Gasteiger partial charge in [0.25, 0.3) is 0 Å². The van der Waals surface area contributed by atoms with Crippen LogP contribution < -0.4 is 0 Å². The van der Waals surface area contributed by atoms with Crippen molar-refractivity contribution in [3.8, 4) is 0 Å². The molecular formula is C8H18N2O. The van der Waals surface area contributed by atoms with Gasteiger partial charge in [-0.25, -0.2) is 0 Å². The molecule has 0 radical (unpaired) electrons. The average molecular weight is 158 g/mol. The molecule has 3 heteroatoms. The minimum atomic E-state index is 0.826. The van der Waals surface area contributed by atoms with Crippen molar-refractivity contribution in [2.75, 3.05) is 40.3 Å². The molecule has 1 aliphatic heterocycles. The molecule has 0 unspecified atom stereocenters. The number of nitrogens with zero attached hydrogens (tertiary/aromatic N) is 2. The zero-order valence-electron chi connectivity index (χ0n) is 7.55. The predicted octanol–water partition coefficient (Wildman–Crippen LogP) is 0.575. The van der Waals surface area contributed by atoms with Crippen molar-refractivity contribution >= 4 is 0 Å². The van der Waals surface area contributed by atoms with Crippen molar-refractivity contribution in [2.24, 2.45) is 0 Å². The van der Waals surface area contributed by atoms with E-state index in [1.165, 1.54) is 12.8 Å². The smallest absolute Gasteiger partial charge is 0.0811 e. The van der Waals surface area contributed by atoms with Gasteiger partial charge in [0.05, 0.1) is 6.61 Å². The maximum absolute atomic E-state index is 5.51. The van der Waals surface area contributed by atoms with E-state index in [2.05, 4.69) is 24.1 Å². The van der Waals surface area contributed by atoms with E-state index in [1.54, 1.807) is 0 Å². The summed E-state index contributed by atoms with van der Waals surface area (Å²) in [4.78, 5) is 7.64. The van der Waals surface area contributed by atoms with Crippen LogP contribution in [0.5, 0.6) is 0 Å². The summed E-state index contributed by atoms with van der Waals surface area (Å²) >= 11 is 0. The van der Waals surface area contributed by atoms with Crippen LogP contribution in [0.4, 0.5) is 0 Å². The molecule has 1 rings (SSSR count). The molecule has 0 atom stereocenters. The molecule has 1 heterocycles. The van der Waals surface area contributed by atoms with Crippen molar-refractivity contribution in [1.82, 2.24) is 9.96 Å². The lowest BCUT2D eigenvalue weighted by Crippen LogP contribution is -2.25. The summed E-state index contributed by atoms with van der Waals surface area (Å²) in [5.41, 5.74) is 0. The van der Waals surface area contributed by atoms with Crippen LogP contribution >= 0.6 is 0 Å². The van der Waals surface area contributed by atoms with Crippen LogP contribution in [-0.4, -0.2) is 50.3 Å². The van der Waals surface area contributed by atoms with E-state index in [4.69, 9.17) is 4.84 Å². The standard InChI is InChI=1S/C8H18N2O/c1-9(2)7-8-11-10-5-3-4-6-10/h3-8H2,1-2H3. The van der Waals surface area contributed by atoms with E-state index in [1.807, 2.05) is 0 Å². The molecule has 66 valence electrons. The van der Waals surface area contributed by atoms with Gasteiger partial charge in [-0.1, -0.05) is 0 Å². The maximum atomic E-state index is 5.51. The normalized spacial score (nSPS) is 19.9. The van der Waals surface area contributed by atoms with Crippen LogP contribution in [0.3, 0.4) is 0 Å². The molecule has 0 aromatic carbocycles. The molecule has 0 spiro atoms. The first kappa shape index (κ1) is 8.97. The molecule has 0 amide bonds. The first-order valence-corrected chi connectivity index (χ1v) is 4.31. The highest BCUT2D eigenvalue weighted by Crippen LogP contribution is 2.06. The van der Waals surface area contributed by atoms with Gasteiger partial charge in [0.1, 0.15) is 0 Å². The minimum absolute atomic E-state index is 0.826. The Labute approximate surface area is 68.9 Å². The van der Waals surface area contributed by atoms with Crippen LogP contribution in [0, 0.1) is 0 Å². The molecule has 0 aliphatic carbocycles. The van der Waals surface area contributed by atoms with Gasteiger partial charge in [0, 0.05) is 19.6 Å². The number of hydrogen-bond acceptors (Lipinski definition) is 3. The Morgan fingerprint density at radius 3 is 2.45 bits per heavy atom. The van der Waals surface area contributed by atoms with Crippen LogP contribution in [0.1, 0.15) is 12.8 Å². The summed E-state index contributed by atoms with van der Waals surface area (Å²) < 4.78 is 0. The molecule has 0 aromatic rings.